The van der Waals surface area contributed by atoms with E-state index >= 15 is 0 Å². The molecular weight excluding hydrogens is 294 g/mol. The molecule has 1 saturated heterocycles. The van der Waals surface area contributed by atoms with Gasteiger partial charge in [-0.1, -0.05) is 12.1 Å². The van der Waals surface area contributed by atoms with Gasteiger partial charge in [0, 0.05) is 30.4 Å². The Morgan fingerprint density at radius 3 is 2.83 bits per heavy atom. The molecule has 120 valence electrons. The number of rotatable bonds is 4. The number of nitrogens with zero attached hydrogens (tertiary/aromatic N) is 4. The van der Waals surface area contributed by atoms with Crippen molar-refractivity contribution in [1.82, 2.24) is 9.97 Å². The molecule has 2 heterocycles. The van der Waals surface area contributed by atoms with Crippen molar-refractivity contribution in [2.75, 3.05) is 36.6 Å². The molecular formula is C16H19N5O2. The van der Waals surface area contributed by atoms with Crippen molar-refractivity contribution in [3.05, 3.63) is 41.6 Å². The van der Waals surface area contributed by atoms with Crippen LogP contribution in [0.1, 0.15) is 11.3 Å². The molecule has 2 aromatic rings. The number of ether oxygens (including phenoxy) is 1. The largest absolute Gasteiger partial charge is 0.507 e. The van der Waals surface area contributed by atoms with Gasteiger partial charge < -0.3 is 14.7 Å². The fourth-order valence-electron chi connectivity index (χ4n) is 2.28. The molecule has 0 saturated carbocycles. The Morgan fingerprint density at radius 2 is 2.04 bits per heavy atom. The number of morpholine rings is 1. The van der Waals surface area contributed by atoms with Crippen molar-refractivity contribution in [2.24, 2.45) is 5.10 Å². The molecule has 0 aliphatic carbocycles. The zero-order valence-electron chi connectivity index (χ0n) is 12.9. The molecule has 1 aromatic heterocycles. The molecule has 1 aromatic carbocycles. The van der Waals surface area contributed by atoms with Gasteiger partial charge in [0.2, 0.25) is 5.95 Å². The highest BCUT2D eigenvalue weighted by Gasteiger charge is 2.14. The van der Waals surface area contributed by atoms with Crippen molar-refractivity contribution < 1.29 is 9.84 Å². The van der Waals surface area contributed by atoms with E-state index in [9.17, 15) is 5.11 Å². The molecule has 0 unspecified atom stereocenters. The predicted molar refractivity (Wildman–Crippen MR) is 89.1 cm³/mol. The first kappa shape index (κ1) is 15.2. The fraction of sp³-hybridized carbons (Fsp3) is 0.312. The van der Waals surface area contributed by atoms with Crippen LogP contribution in [-0.4, -0.2) is 47.6 Å². The van der Waals surface area contributed by atoms with Gasteiger partial charge in [0.15, 0.2) is 5.82 Å². The van der Waals surface area contributed by atoms with Crippen LogP contribution in [0.15, 0.2) is 35.4 Å². The van der Waals surface area contributed by atoms with Crippen molar-refractivity contribution in [2.45, 2.75) is 6.92 Å². The van der Waals surface area contributed by atoms with Crippen LogP contribution in [0, 0.1) is 6.92 Å². The molecule has 2 N–H and O–H groups in total. The third kappa shape index (κ3) is 3.95. The average molecular weight is 313 g/mol. The summed E-state index contributed by atoms with van der Waals surface area (Å²) in [5.74, 6) is 1.48. The van der Waals surface area contributed by atoms with Gasteiger partial charge in [-0.15, -0.1) is 0 Å². The molecule has 0 atom stereocenters. The highest BCUT2D eigenvalue weighted by Crippen LogP contribution is 2.16. The van der Waals surface area contributed by atoms with Gasteiger partial charge in [0.1, 0.15) is 5.75 Å². The minimum absolute atomic E-state index is 0.186. The van der Waals surface area contributed by atoms with Gasteiger partial charge >= 0.3 is 0 Å². The summed E-state index contributed by atoms with van der Waals surface area (Å²) in [6.07, 6.45) is 1.56. The first-order valence-electron chi connectivity index (χ1n) is 7.48. The van der Waals surface area contributed by atoms with E-state index in [0.717, 1.165) is 18.8 Å². The van der Waals surface area contributed by atoms with E-state index in [4.69, 9.17) is 4.74 Å². The second-order valence-corrected chi connectivity index (χ2v) is 5.22. The molecule has 7 heteroatoms. The number of aromatic nitrogens is 2. The van der Waals surface area contributed by atoms with Gasteiger partial charge in [0.05, 0.1) is 19.4 Å². The van der Waals surface area contributed by atoms with E-state index in [2.05, 4.69) is 25.4 Å². The number of hydrazone groups is 1. The molecule has 1 aliphatic heterocycles. The van der Waals surface area contributed by atoms with Crippen molar-refractivity contribution in [1.29, 1.82) is 0 Å². The van der Waals surface area contributed by atoms with Crippen LogP contribution in [0.25, 0.3) is 0 Å². The van der Waals surface area contributed by atoms with Crippen molar-refractivity contribution >= 4 is 18.0 Å². The second kappa shape index (κ2) is 7.06. The van der Waals surface area contributed by atoms with Crippen LogP contribution < -0.4 is 10.3 Å². The minimum atomic E-state index is 0.186. The van der Waals surface area contributed by atoms with E-state index in [-0.39, 0.29) is 5.75 Å². The smallest absolute Gasteiger partial charge is 0.227 e. The number of anilines is 2. The third-order valence-corrected chi connectivity index (χ3v) is 3.46. The molecule has 0 bridgehead atoms. The Hall–Kier alpha value is -2.67. The number of hydrogen-bond donors (Lipinski definition) is 2. The topological polar surface area (TPSA) is 82.9 Å². The first-order chi connectivity index (χ1) is 11.2. The van der Waals surface area contributed by atoms with E-state index in [1.54, 1.807) is 24.4 Å². The summed E-state index contributed by atoms with van der Waals surface area (Å²) in [5, 5.41) is 13.8. The summed E-state index contributed by atoms with van der Waals surface area (Å²) in [6, 6.07) is 8.83. The van der Waals surface area contributed by atoms with Crippen LogP contribution in [0.4, 0.5) is 11.8 Å². The van der Waals surface area contributed by atoms with Crippen LogP contribution in [0.2, 0.25) is 0 Å². The minimum Gasteiger partial charge on any atom is -0.507 e. The number of phenolic OH excluding ortho intramolecular Hbond substituents is 1. The average Bonchev–Trinajstić information content (AvgIpc) is 2.57. The van der Waals surface area contributed by atoms with Crippen LogP contribution >= 0.6 is 0 Å². The molecule has 7 nitrogen and oxygen atoms in total. The Labute approximate surface area is 134 Å². The summed E-state index contributed by atoms with van der Waals surface area (Å²) in [6.45, 7) is 4.86. The maximum absolute atomic E-state index is 9.70. The molecule has 0 spiro atoms. The first-order valence-corrected chi connectivity index (χ1v) is 7.48. The quantitative estimate of drug-likeness (QED) is 0.661. The maximum Gasteiger partial charge on any atom is 0.227 e. The molecule has 1 aliphatic rings. The van der Waals surface area contributed by atoms with Crippen molar-refractivity contribution in [3.63, 3.8) is 0 Å². The monoisotopic (exact) mass is 313 g/mol. The van der Waals surface area contributed by atoms with E-state index in [1.165, 1.54) is 0 Å². The lowest BCUT2D eigenvalue weighted by Crippen LogP contribution is -2.37. The number of aromatic hydroxyl groups is 1. The Kier molecular flexibility index (Phi) is 4.68. The molecule has 0 amide bonds. The number of nitrogens with one attached hydrogen (secondary N) is 1. The standard InChI is InChI=1S/C16H19N5O2/c1-12-10-15(19-16(18-12)21-6-8-23-9-7-21)20-17-11-13-4-2-3-5-14(13)22/h2-5,10-11,22H,6-9H2,1H3,(H,18,19,20)/b17-11+. The lowest BCUT2D eigenvalue weighted by atomic mass is 10.2. The predicted octanol–water partition coefficient (Wildman–Crippen LogP) is 1.77. The lowest BCUT2D eigenvalue weighted by molar-refractivity contribution is 0.122. The van der Waals surface area contributed by atoms with E-state index in [1.807, 2.05) is 19.1 Å². The summed E-state index contributed by atoms with van der Waals surface area (Å²) in [5.41, 5.74) is 4.39. The van der Waals surface area contributed by atoms with Gasteiger partial charge in [-0.3, -0.25) is 5.43 Å². The SMILES string of the molecule is Cc1cc(N/N=C/c2ccccc2O)nc(N2CCOCC2)n1. The maximum atomic E-state index is 9.70. The Morgan fingerprint density at radius 1 is 1.26 bits per heavy atom. The summed E-state index contributed by atoms with van der Waals surface area (Å²) in [7, 11) is 0. The van der Waals surface area contributed by atoms with Gasteiger partial charge in [-0.25, -0.2) is 4.98 Å². The van der Waals surface area contributed by atoms with Gasteiger partial charge in [-0.05, 0) is 19.1 Å². The highest BCUT2D eigenvalue weighted by atomic mass is 16.5. The number of para-hydroxylation sites is 1. The molecule has 23 heavy (non-hydrogen) atoms. The second-order valence-electron chi connectivity index (χ2n) is 5.22. The summed E-state index contributed by atoms with van der Waals surface area (Å²) < 4.78 is 5.35. The van der Waals surface area contributed by atoms with Gasteiger partial charge in [-0.2, -0.15) is 10.1 Å². The Balaban J connectivity index is 1.72. The molecule has 0 radical (unpaired) electrons. The summed E-state index contributed by atoms with van der Waals surface area (Å²) in [4.78, 5) is 11.0. The zero-order chi connectivity index (χ0) is 16.1. The van der Waals surface area contributed by atoms with E-state index < -0.39 is 0 Å². The molecule has 1 fully saturated rings. The molecule has 3 rings (SSSR count). The number of hydrogen-bond acceptors (Lipinski definition) is 7. The lowest BCUT2D eigenvalue weighted by Gasteiger charge is -2.27. The van der Waals surface area contributed by atoms with Gasteiger partial charge in [0.25, 0.3) is 0 Å². The fourth-order valence-corrected chi connectivity index (χ4v) is 2.28. The zero-order valence-corrected chi connectivity index (χ0v) is 12.9. The number of aryl methyl sites for hydroxylation is 1. The number of benzene rings is 1. The summed E-state index contributed by atoms with van der Waals surface area (Å²) >= 11 is 0. The highest BCUT2D eigenvalue weighted by molar-refractivity contribution is 5.83. The van der Waals surface area contributed by atoms with Crippen LogP contribution in [0.3, 0.4) is 0 Å². The van der Waals surface area contributed by atoms with E-state index in [0.29, 0.717) is 30.5 Å². The third-order valence-electron chi connectivity index (χ3n) is 3.46. The van der Waals surface area contributed by atoms with Crippen molar-refractivity contribution in [3.8, 4) is 5.75 Å². The Bertz CT molecular complexity index is 699. The van der Waals surface area contributed by atoms with Crippen LogP contribution in [-0.2, 0) is 4.74 Å². The normalized spacial score (nSPS) is 15.1. The number of phenols is 1. The van der Waals surface area contributed by atoms with Crippen LogP contribution in [0.5, 0.6) is 5.75 Å².